The molecule has 0 radical (unpaired) electrons. The molecule has 1 N–H and O–H groups in total. The van der Waals surface area contributed by atoms with Crippen LogP contribution in [-0.4, -0.2) is 50.3 Å². The molecule has 20 heavy (non-hydrogen) atoms. The molecule has 2 fully saturated rings. The first-order valence-electron chi connectivity index (χ1n) is 8.71. The zero-order valence-electron chi connectivity index (χ0n) is 13.7. The van der Waals surface area contributed by atoms with Gasteiger partial charge in [0.2, 0.25) is 0 Å². The van der Waals surface area contributed by atoms with Gasteiger partial charge < -0.3 is 10.1 Å². The Bertz CT molecular complexity index is 268. The number of methoxy groups -OCH3 is 1. The van der Waals surface area contributed by atoms with E-state index in [0.29, 0.717) is 6.04 Å². The molecule has 3 heteroatoms. The van der Waals surface area contributed by atoms with Crippen molar-refractivity contribution in [2.24, 2.45) is 11.8 Å². The summed E-state index contributed by atoms with van der Waals surface area (Å²) in [4.78, 5) is 2.77. The summed E-state index contributed by atoms with van der Waals surface area (Å²) in [5, 5.41) is 3.81. The predicted molar refractivity (Wildman–Crippen MR) is 85.1 cm³/mol. The van der Waals surface area contributed by atoms with Gasteiger partial charge in [-0.15, -0.1) is 0 Å². The molecule has 3 nitrogen and oxygen atoms in total. The molecule has 118 valence electrons. The Labute approximate surface area is 125 Å². The largest absolute Gasteiger partial charge is 0.384 e. The number of hydrogen-bond donors (Lipinski definition) is 1. The molecule has 1 saturated heterocycles. The average molecular weight is 282 g/mol. The predicted octanol–water partition coefficient (Wildman–Crippen LogP) is 2.90. The van der Waals surface area contributed by atoms with E-state index in [-0.39, 0.29) is 0 Å². The van der Waals surface area contributed by atoms with Crippen LogP contribution in [0.5, 0.6) is 0 Å². The first kappa shape index (κ1) is 16.3. The van der Waals surface area contributed by atoms with Gasteiger partial charge in [0.25, 0.3) is 0 Å². The number of nitrogens with zero attached hydrogens (tertiary/aromatic N) is 1. The fraction of sp³-hybridized carbons (Fsp3) is 1.00. The standard InChI is InChI=1S/C17H34N2O/c1-4-9-18-16-8-7-14(2)11-17(16)19-10-5-6-15(12-19)13-20-3/h14-18H,4-13H2,1-3H3. The van der Waals surface area contributed by atoms with Crippen molar-refractivity contribution in [3.63, 3.8) is 0 Å². The number of nitrogens with one attached hydrogen (secondary N) is 1. The van der Waals surface area contributed by atoms with Crippen LogP contribution in [0.25, 0.3) is 0 Å². The van der Waals surface area contributed by atoms with Gasteiger partial charge in [-0.2, -0.15) is 0 Å². The second-order valence-corrected chi connectivity index (χ2v) is 7.00. The minimum absolute atomic E-state index is 0.715. The molecule has 0 spiro atoms. The SMILES string of the molecule is CCCNC1CCC(C)CC1N1CCCC(COC)C1. The van der Waals surface area contributed by atoms with Crippen LogP contribution in [0.3, 0.4) is 0 Å². The van der Waals surface area contributed by atoms with Gasteiger partial charge in [-0.3, -0.25) is 4.90 Å². The highest BCUT2D eigenvalue weighted by atomic mass is 16.5. The second-order valence-electron chi connectivity index (χ2n) is 7.00. The van der Waals surface area contributed by atoms with E-state index in [1.807, 2.05) is 7.11 Å². The number of hydrogen-bond acceptors (Lipinski definition) is 3. The number of rotatable bonds is 6. The van der Waals surface area contributed by atoms with Crippen LogP contribution in [0.2, 0.25) is 0 Å². The van der Waals surface area contributed by atoms with Crippen molar-refractivity contribution in [3.05, 3.63) is 0 Å². The van der Waals surface area contributed by atoms with Gasteiger partial charge >= 0.3 is 0 Å². The Balaban J connectivity index is 1.94. The van der Waals surface area contributed by atoms with Gasteiger partial charge in [0, 0.05) is 25.7 Å². The molecule has 0 bridgehead atoms. The van der Waals surface area contributed by atoms with Gasteiger partial charge in [0.05, 0.1) is 6.61 Å². The Morgan fingerprint density at radius 1 is 1.25 bits per heavy atom. The maximum Gasteiger partial charge on any atom is 0.0502 e. The third-order valence-corrected chi connectivity index (χ3v) is 5.16. The highest BCUT2D eigenvalue weighted by molar-refractivity contribution is 4.92. The lowest BCUT2D eigenvalue weighted by Crippen LogP contribution is -2.55. The molecule has 1 heterocycles. The molecule has 2 aliphatic rings. The van der Waals surface area contributed by atoms with Gasteiger partial charge in [0.1, 0.15) is 0 Å². The highest BCUT2D eigenvalue weighted by Crippen LogP contribution is 2.30. The van der Waals surface area contributed by atoms with Crippen molar-refractivity contribution >= 4 is 0 Å². The number of ether oxygens (including phenoxy) is 1. The lowest BCUT2D eigenvalue weighted by Gasteiger charge is -2.45. The van der Waals surface area contributed by atoms with Crippen molar-refractivity contribution < 1.29 is 4.74 Å². The van der Waals surface area contributed by atoms with E-state index in [9.17, 15) is 0 Å². The Morgan fingerprint density at radius 2 is 2.10 bits per heavy atom. The monoisotopic (exact) mass is 282 g/mol. The summed E-state index contributed by atoms with van der Waals surface area (Å²) in [5.41, 5.74) is 0. The minimum Gasteiger partial charge on any atom is -0.384 e. The van der Waals surface area contributed by atoms with Crippen LogP contribution in [0.1, 0.15) is 52.4 Å². The maximum absolute atomic E-state index is 5.39. The highest BCUT2D eigenvalue weighted by Gasteiger charge is 2.34. The molecular formula is C17H34N2O. The average Bonchev–Trinajstić information content (AvgIpc) is 2.46. The molecule has 0 aromatic carbocycles. The fourth-order valence-corrected chi connectivity index (χ4v) is 4.09. The zero-order valence-corrected chi connectivity index (χ0v) is 13.7. The molecular weight excluding hydrogens is 248 g/mol. The van der Waals surface area contributed by atoms with E-state index in [4.69, 9.17) is 4.74 Å². The van der Waals surface area contributed by atoms with Crippen LogP contribution in [0, 0.1) is 11.8 Å². The van der Waals surface area contributed by atoms with Crippen LogP contribution >= 0.6 is 0 Å². The van der Waals surface area contributed by atoms with Gasteiger partial charge in [-0.1, -0.05) is 13.8 Å². The van der Waals surface area contributed by atoms with Crippen LogP contribution in [-0.2, 0) is 4.74 Å². The topological polar surface area (TPSA) is 24.5 Å². The fourth-order valence-electron chi connectivity index (χ4n) is 4.09. The third kappa shape index (κ3) is 4.44. The van der Waals surface area contributed by atoms with Crippen LogP contribution in [0.4, 0.5) is 0 Å². The molecule has 1 saturated carbocycles. The normalized spacial score (nSPS) is 36.1. The first-order chi connectivity index (χ1) is 9.74. The van der Waals surface area contributed by atoms with Crippen LogP contribution < -0.4 is 5.32 Å². The van der Waals surface area contributed by atoms with E-state index < -0.39 is 0 Å². The van der Waals surface area contributed by atoms with Crippen molar-refractivity contribution in [2.45, 2.75) is 64.5 Å². The summed E-state index contributed by atoms with van der Waals surface area (Å²) in [6, 6.07) is 1.47. The molecule has 2 rings (SSSR count). The summed E-state index contributed by atoms with van der Waals surface area (Å²) in [6.45, 7) is 9.34. The minimum atomic E-state index is 0.715. The van der Waals surface area contributed by atoms with Crippen molar-refractivity contribution in [2.75, 3.05) is 33.4 Å². The second kappa shape index (κ2) is 8.35. The van der Waals surface area contributed by atoms with Crippen molar-refractivity contribution in [3.8, 4) is 0 Å². The van der Waals surface area contributed by atoms with Gasteiger partial charge in [0.15, 0.2) is 0 Å². The van der Waals surface area contributed by atoms with Crippen molar-refractivity contribution in [1.82, 2.24) is 10.2 Å². The molecule has 4 atom stereocenters. The van der Waals surface area contributed by atoms with E-state index >= 15 is 0 Å². The summed E-state index contributed by atoms with van der Waals surface area (Å²) >= 11 is 0. The molecule has 0 aromatic heterocycles. The number of piperidine rings is 1. The lowest BCUT2D eigenvalue weighted by atomic mass is 9.81. The first-order valence-corrected chi connectivity index (χ1v) is 8.71. The Hall–Kier alpha value is -0.120. The van der Waals surface area contributed by atoms with E-state index in [2.05, 4.69) is 24.1 Å². The Morgan fingerprint density at radius 3 is 2.85 bits per heavy atom. The summed E-state index contributed by atoms with van der Waals surface area (Å²) < 4.78 is 5.39. The maximum atomic E-state index is 5.39. The molecule has 1 aliphatic carbocycles. The molecule has 0 amide bonds. The van der Waals surface area contributed by atoms with Gasteiger partial charge in [-0.05, 0) is 63.5 Å². The summed E-state index contributed by atoms with van der Waals surface area (Å²) in [5.74, 6) is 1.64. The number of likely N-dealkylation sites (tertiary alicyclic amines) is 1. The third-order valence-electron chi connectivity index (χ3n) is 5.16. The van der Waals surface area contributed by atoms with Gasteiger partial charge in [-0.25, -0.2) is 0 Å². The summed E-state index contributed by atoms with van der Waals surface area (Å²) in [7, 11) is 1.84. The molecule has 1 aliphatic heterocycles. The summed E-state index contributed by atoms with van der Waals surface area (Å²) in [6.07, 6.45) is 8.07. The van der Waals surface area contributed by atoms with E-state index in [0.717, 1.165) is 24.5 Å². The van der Waals surface area contributed by atoms with E-state index in [1.54, 1.807) is 0 Å². The molecule has 0 aromatic rings. The lowest BCUT2D eigenvalue weighted by molar-refractivity contribution is 0.0356. The Kier molecular flexibility index (Phi) is 6.79. The smallest absolute Gasteiger partial charge is 0.0502 e. The van der Waals surface area contributed by atoms with Crippen molar-refractivity contribution in [1.29, 1.82) is 0 Å². The van der Waals surface area contributed by atoms with Crippen LogP contribution in [0.15, 0.2) is 0 Å². The molecule has 4 unspecified atom stereocenters. The zero-order chi connectivity index (χ0) is 14.4. The van der Waals surface area contributed by atoms with E-state index in [1.165, 1.54) is 58.2 Å². The quantitative estimate of drug-likeness (QED) is 0.811.